The molecule has 1 saturated heterocycles. The van der Waals surface area contributed by atoms with E-state index in [1.54, 1.807) is 13.0 Å². The average molecular weight is 450 g/mol. The number of rotatable bonds is 6. The van der Waals surface area contributed by atoms with Gasteiger partial charge in [0.15, 0.2) is 0 Å². The molecule has 0 bridgehead atoms. The van der Waals surface area contributed by atoms with Gasteiger partial charge in [0.2, 0.25) is 0 Å². The molecule has 2 heterocycles. The minimum absolute atomic E-state index is 0.294. The van der Waals surface area contributed by atoms with Crippen molar-refractivity contribution in [2.75, 3.05) is 6.54 Å². The normalized spacial score (nSPS) is 14.9. The molecule has 1 fully saturated rings. The van der Waals surface area contributed by atoms with Crippen molar-refractivity contribution in [3.8, 4) is 11.4 Å². The van der Waals surface area contributed by atoms with E-state index in [-0.39, 0.29) is 11.9 Å². The number of hydrogen-bond donors (Lipinski definition) is 1. The van der Waals surface area contributed by atoms with Crippen LogP contribution in [0, 0.1) is 13.8 Å². The average Bonchev–Trinajstić information content (AvgIpc) is 3.21. The van der Waals surface area contributed by atoms with Gasteiger partial charge in [0.25, 0.3) is 5.91 Å². The Morgan fingerprint density at radius 1 is 1.03 bits per heavy atom. The molecule has 1 aromatic heterocycles. The maximum absolute atomic E-state index is 12.4. The number of benzene rings is 2. The highest BCUT2D eigenvalue weighted by Crippen LogP contribution is 2.25. The molecule has 4 rings (SSSR count). The molecule has 0 radical (unpaired) electrons. The SMILES string of the molecule is CCN1C(=O)N/C(=C/c2cc(C)n(-c3ccc(OCc4ccc(Cl)cc4)cc3)c2C)C1=O. The first kappa shape index (κ1) is 21.7. The summed E-state index contributed by atoms with van der Waals surface area (Å²) in [7, 11) is 0. The van der Waals surface area contributed by atoms with E-state index in [4.69, 9.17) is 16.3 Å². The van der Waals surface area contributed by atoms with E-state index in [0.29, 0.717) is 23.9 Å². The Kier molecular flexibility index (Phi) is 6.06. The smallest absolute Gasteiger partial charge is 0.328 e. The number of likely N-dealkylation sites (N-methyl/N-ethyl adjacent to an activating group) is 1. The highest BCUT2D eigenvalue weighted by atomic mass is 35.5. The number of carbonyl (C=O) groups is 2. The third-order valence-electron chi connectivity index (χ3n) is 5.46. The molecule has 0 spiro atoms. The summed E-state index contributed by atoms with van der Waals surface area (Å²) < 4.78 is 7.98. The summed E-state index contributed by atoms with van der Waals surface area (Å²) >= 11 is 5.92. The standard InChI is InChI=1S/C25H24ClN3O3/c1-4-28-24(30)23(27-25(28)31)14-19-13-16(2)29(17(19)3)21-9-11-22(12-10-21)32-15-18-5-7-20(26)8-6-18/h5-14H,4,15H2,1-3H3,(H,27,31)/b23-14+. The van der Waals surface area contributed by atoms with E-state index in [9.17, 15) is 9.59 Å². The number of nitrogens with zero attached hydrogens (tertiary/aromatic N) is 2. The predicted octanol–water partition coefficient (Wildman–Crippen LogP) is 5.24. The van der Waals surface area contributed by atoms with Crippen molar-refractivity contribution in [2.45, 2.75) is 27.4 Å². The van der Waals surface area contributed by atoms with E-state index in [0.717, 1.165) is 34.0 Å². The van der Waals surface area contributed by atoms with Crippen molar-refractivity contribution in [1.82, 2.24) is 14.8 Å². The van der Waals surface area contributed by atoms with Gasteiger partial charge in [0.05, 0.1) is 0 Å². The second-order valence-corrected chi connectivity index (χ2v) is 8.04. The van der Waals surface area contributed by atoms with Crippen molar-refractivity contribution in [1.29, 1.82) is 0 Å². The van der Waals surface area contributed by atoms with E-state index in [1.807, 2.05) is 68.4 Å². The van der Waals surface area contributed by atoms with Gasteiger partial charge in [0, 0.05) is 28.6 Å². The largest absolute Gasteiger partial charge is 0.489 e. The molecule has 2 aromatic carbocycles. The van der Waals surface area contributed by atoms with Crippen molar-refractivity contribution < 1.29 is 14.3 Å². The molecule has 6 nitrogen and oxygen atoms in total. The molecule has 0 saturated carbocycles. The Morgan fingerprint density at radius 2 is 1.72 bits per heavy atom. The fourth-order valence-corrected chi connectivity index (χ4v) is 3.91. The van der Waals surface area contributed by atoms with Gasteiger partial charge in [0.1, 0.15) is 18.1 Å². The van der Waals surface area contributed by atoms with Crippen LogP contribution < -0.4 is 10.1 Å². The van der Waals surface area contributed by atoms with Crippen molar-refractivity contribution in [3.05, 3.63) is 87.8 Å². The lowest BCUT2D eigenvalue weighted by atomic mass is 10.2. The Hall–Kier alpha value is -3.51. The number of amides is 3. The van der Waals surface area contributed by atoms with Crippen LogP contribution in [0.5, 0.6) is 5.75 Å². The zero-order valence-corrected chi connectivity index (χ0v) is 18.9. The lowest BCUT2D eigenvalue weighted by molar-refractivity contribution is -0.122. The molecule has 3 amide bonds. The van der Waals surface area contributed by atoms with Crippen LogP contribution in [0.3, 0.4) is 0 Å². The minimum atomic E-state index is -0.383. The van der Waals surface area contributed by atoms with Gasteiger partial charge in [-0.15, -0.1) is 0 Å². The van der Waals surface area contributed by atoms with Crippen molar-refractivity contribution >= 4 is 29.6 Å². The van der Waals surface area contributed by atoms with Crippen LogP contribution in [0.25, 0.3) is 11.8 Å². The predicted molar refractivity (Wildman–Crippen MR) is 125 cm³/mol. The highest BCUT2D eigenvalue weighted by Gasteiger charge is 2.32. The Balaban J connectivity index is 1.52. The summed E-state index contributed by atoms with van der Waals surface area (Å²) in [4.78, 5) is 25.5. The molecular formula is C25H24ClN3O3. The molecule has 0 aliphatic carbocycles. The minimum Gasteiger partial charge on any atom is -0.489 e. The summed E-state index contributed by atoms with van der Waals surface area (Å²) in [5.74, 6) is 0.469. The summed E-state index contributed by atoms with van der Waals surface area (Å²) in [6.07, 6.45) is 1.73. The first-order valence-corrected chi connectivity index (χ1v) is 10.8. The molecule has 3 aromatic rings. The van der Waals surface area contributed by atoms with Crippen LogP contribution in [0.1, 0.15) is 29.4 Å². The van der Waals surface area contributed by atoms with E-state index in [2.05, 4.69) is 9.88 Å². The lowest BCUT2D eigenvalue weighted by Crippen LogP contribution is -2.30. The van der Waals surface area contributed by atoms with E-state index < -0.39 is 0 Å². The number of aromatic nitrogens is 1. The number of imide groups is 1. The van der Waals surface area contributed by atoms with Crippen LogP contribution in [0.2, 0.25) is 5.02 Å². The van der Waals surface area contributed by atoms with E-state index >= 15 is 0 Å². The number of aryl methyl sites for hydroxylation is 1. The van der Waals surface area contributed by atoms with Crippen molar-refractivity contribution in [2.24, 2.45) is 0 Å². The number of ether oxygens (including phenoxy) is 1. The molecule has 7 heteroatoms. The lowest BCUT2D eigenvalue weighted by Gasteiger charge is -2.12. The molecule has 1 N–H and O–H groups in total. The van der Waals surface area contributed by atoms with Crippen molar-refractivity contribution in [3.63, 3.8) is 0 Å². The third kappa shape index (κ3) is 4.27. The number of urea groups is 1. The first-order valence-electron chi connectivity index (χ1n) is 10.4. The van der Waals surface area contributed by atoms with Crippen LogP contribution in [-0.2, 0) is 11.4 Å². The van der Waals surface area contributed by atoms with Gasteiger partial charge in [-0.25, -0.2) is 4.79 Å². The van der Waals surface area contributed by atoms with Gasteiger partial charge in [-0.2, -0.15) is 0 Å². The van der Waals surface area contributed by atoms with Crippen LogP contribution in [0.15, 0.2) is 60.3 Å². The fourth-order valence-electron chi connectivity index (χ4n) is 3.78. The maximum Gasteiger partial charge on any atom is 0.328 e. The Labute approximate surface area is 192 Å². The van der Waals surface area contributed by atoms with Gasteiger partial charge >= 0.3 is 6.03 Å². The highest BCUT2D eigenvalue weighted by molar-refractivity contribution is 6.30. The van der Waals surface area contributed by atoms with Gasteiger partial charge in [-0.05, 0) is 80.4 Å². The van der Waals surface area contributed by atoms with Gasteiger partial charge < -0.3 is 14.6 Å². The first-order chi connectivity index (χ1) is 15.4. The zero-order chi connectivity index (χ0) is 22.8. The third-order valence-corrected chi connectivity index (χ3v) is 5.71. The molecule has 164 valence electrons. The zero-order valence-electron chi connectivity index (χ0n) is 18.2. The fraction of sp³-hybridized carbons (Fsp3) is 0.200. The Morgan fingerprint density at radius 3 is 2.34 bits per heavy atom. The van der Waals surface area contributed by atoms with Crippen LogP contribution in [0.4, 0.5) is 4.79 Å². The second kappa shape index (κ2) is 8.93. The quantitative estimate of drug-likeness (QED) is 0.413. The number of carbonyl (C=O) groups excluding carboxylic acids is 2. The van der Waals surface area contributed by atoms with Gasteiger partial charge in [-0.1, -0.05) is 23.7 Å². The number of nitrogens with one attached hydrogen (secondary N) is 1. The summed E-state index contributed by atoms with van der Waals surface area (Å²) in [6, 6.07) is 17.0. The summed E-state index contributed by atoms with van der Waals surface area (Å²) in [5, 5.41) is 3.35. The Bertz CT molecular complexity index is 1190. The number of halogens is 1. The molecule has 0 atom stereocenters. The molecule has 1 aliphatic heterocycles. The van der Waals surface area contributed by atoms with Crippen LogP contribution in [-0.4, -0.2) is 28.0 Å². The summed E-state index contributed by atoms with van der Waals surface area (Å²) in [6.45, 7) is 6.57. The number of hydrogen-bond acceptors (Lipinski definition) is 3. The molecule has 32 heavy (non-hydrogen) atoms. The monoisotopic (exact) mass is 449 g/mol. The summed E-state index contributed by atoms with van der Waals surface area (Å²) in [5.41, 5.74) is 5.20. The maximum atomic E-state index is 12.4. The molecular weight excluding hydrogens is 426 g/mol. The topological polar surface area (TPSA) is 63.6 Å². The molecule has 1 aliphatic rings. The van der Waals surface area contributed by atoms with Gasteiger partial charge in [-0.3, -0.25) is 9.69 Å². The van der Waals surface area contributed by atoms with E-state index in [1.165, 1.54) is 4.90 Å². The molecule has 0 unspecified atom stereocenters. The van der Waals surface area contributed by atoms with Crippen LogP contribution >= 0.6 is 11.6 Å². The second-order valence-electron chi connectivity index (χ2n) is 7.61.